The molecule has 1 rings (SSSR count). The van der Waals surface area contributed by atoms with Crippen molar-refractivity contribution in [3.63, 3.8) is 0 Å². The van der Waals surface area contributed by atoms with Gasteiger partial charge >= 0.3 is 5.97 Å². The number of benzene rings is 1. The Bertz CT molecular complexity index is 586. The van der Waals surface area contributed by atoms with Crippen molar-refractivity contribution in [1.82, 2.24) is 0 Å². The number of ether oxygens (including phenoxy) is 2. The second-order valence-corrected chi connectivity index (χ2v) is 6.73. The molecule has 0 fully saturated rings. The maximum Gasteiger partial charge on any atom is 0.338 e. The molecule has 0 bridgehead atoms. The predicted octanol–water partition coefficient (Wildman–Crippen LogP) is 2.33. The van der Waals surface area contributed by atoms with E-state index in [0.717, 1.165) is 18.2 Å². The van der Waals surface area contributed by atoms with Crippen molar-refractivity contribution >= 4 is 25.7 Å². The molecule has 0 unspecified atom stereocenters. The second kappa shape index (κ2) is 7.01. The van der Waals surface area contributed by atoms with Gasteiger partial charge in [0, 0.05) is 10.7 Å². The zero-order valence-electron chi connectivity index (χ0n) is 10.9. The van der Waals surface area contributed by atoms with E-state index in [0.29, 0.717) is 0 Å². The van der Waals surface area contributed by atoms with Crippen LogP contribution in [0, 0.1) is 5.82 Å². The Morgan fingerprint density at radius 1 is 1.30 bits per heavy atom. The number of rotatable bonds is 6. The summed E-state index contributed by atoms with van der Waals surface area (Å²) in [6.45, 7) is 3.83. The maximum atomic E-state index is 13.3. The van der Waals surface area contributed by atoms with E-state index < -0.39 is 25.7 Å². The third kappa shape index (κ3) is 5.44. The minimum Gasteiger partial charge on any atom is -0.460 e. The molecule has 0 saturated carbocycles. The molecule has 0 N–H and O–H groups in total. The highest BCUT2D eigenvalue weighted by atomic mass is 35.7. The molecule has 0 aliphatic heterocycles. The number of carbonyl (C=O) groups is 1. The van der Waals surface area contributed by atoms with E-state index in [9.17, 15) is 17.6 Å². The standard InChI is InChI=1S/C12H14ClFO5S/c1-8(2)18-3-4-19-12(15)9-5-10(14)7-11(6-9)20(13,16)17/h5-8H,3-4H2,1-2H3. The molecule has 0 saturated heterocycles. The van der Waals surface area contributed by atoms with Gasteiger partial charge in [0.1, 0.15) is 12.4 Å². The summed E-state index contributed by atoms with van der Waals surface area (Å²) in [5, 5.41) is 0. The molecule has 112 valence electrons. The Balaban J connectivity index is 2.76. The van der Waals surface area contributed by atoms with Gasteiger partial charge in [-0.15, -0.1) is 0 Å². The average Bonchev–Trinajstić information content (AvgIpc) is 2.32. The lowest BCUT2D eigenvalue weighted by Gasteiger charge is -2.08. The number of hydrogen-bond acceptors (Lipinski definition) is 5. The molecule has 5 nitrogen and oxygen atoms in total. The van der Waals surface area contributed by atoms with Gasteiger partial charge in [0.25, 0.3) is 9.05 Å². The number of carbonyl (C=O) groups excluding carboxylic acids is 1. The van der Waals surface area contributed by atoms with Crippen LogP contribution in [0.3, 0.4) is 0 Å². The molecule has 0 aliphatic carbocycles. The summed E-state index contributed by atoms with van der Waals surface area (Å²) in [6.07, 6.45) is -0.00383. The van der Waals surface area contributed by atoms with Crippen LogP contribution in [0.15, 0.2) is 23.1 Å². The highest BCUT2D eigenvalue weighted by Gasteiger charge is 2.16. The average molecular weight is 325 g/mol. The van der Waals surface area contributed by atoms with Gasteiger partial charge in [-0.25, -0.2) is 17.6 Å². The monoisotopic (exact) mass is 324 g/mol. The Morgan fingerprint density at radius 3 is 2.50 bits per heavy atom. The van der Waals surface area contributed by atoms with Gasteiger partial charge in [0.05, 0.1) is 23.2 Å². The largest absolute Gasteiger partial charge is 0.460 e. The van der Waals surface area contributed by atoms with Gasteiger partial charge in [-0.3, -0.25) is 0 Å². The van der Waals surface area contributed by atoms with Gasteiger partial charge in [-0.05, 0) is 32.0 Å². The van der Waals surface area contributed by atoms with Crippen LogP contribution in [0.4, 0.5) is 4.39 Å². The van der Waals surface area contributed by atoms with Gasteiger partial charge in [-0.1, -0.05) is 0 Å². The topological polar surface area (TPSA) is 69.7 Å². The molecule has 0 radical (unpaired) electrons. The summed E-state index contributed by atoms with van der Waals surface area (Å²) in [7, 11) is 0.984. The molecule has 0 atom stereocenters. The summed E-state index contributed by atoms with van der Waals surface area (Å²) in [6, 6.07) is 2.55. The zero-order chi connectivity index (χ0) is 15.3. The Labute approximate surface area is 121 Å². The van der Waals surface area contributed by atoms with Crippen LogP contribution in [0.1, 0.15) is 24.2 Å². The minimum absolute atomic E-state index is 0.00383. The summed E-state index contributed by atoms with van der Waals surface area (Å²) < 4.78 is 45.5. The van der Waals surface area contributed by atoms with E-state index >= 15 is 0 Å². The molecule has 1 aromatic rings. The highest BCUT2D eigenvalue weighted by Crippen LogP contribution is 2.19. The van der Waals surface area contributed by atoms with Crippen LogP contribution < -0.4 is 0 Å². The van der Waals surface area contributed by atoms with Crippen molar-refractivity contribution < 1.29 is 27.1 Å². The Kier molecular flexibility index (Phi) is 5.91. The lowest BCUT2D eigenvalue weighted by Crippen LogP contribution is -2.14. The Morgan fingerprint density at radius 2 is 1.95 bits per heavy atom. The first-order valence-electron chi connectivity index (χ1n) is 5.74. The van der Waals surface area contributed by atoms with Gasteiger partial charge in [0.15, 0.2) is 0 Å². The van der Waals surface area contributed by atoms with Gasteiger partial charge in [0.2, 0.25) is 0 Å². The van der Waals surface area contributed by atoms with Crippen molar-refractivity contribution in [3.8, 4) is 0 Å². The van der Waals surface area contributed by atoms with Crippen LogP contribution in [0.25, 0.3) is 0 Å². The highest BCUT2D eigenvalue weighted by molar-refractivity contribution is 8.13. The summed E-state index contributed by atoms with van der Waals surface area (Å²) in [5.74, 6) is -1.74. The van der Waals surface area contributed by atoms with Crippen LogP contribution in [0.5, 0.6) is 0 Å². The van der Waals surface area contributed by atoms with Crippen molar-refractivity contribution in [1.29, 1.82) is 0 Å². The molecule has 0 aliphatic rings. The lowest BCUT2D eigenvalue weighted by atomic mass is 10.2. The van der Waals surface area contributed by atoms with Gasteiger partial charge in [-0.2, -0.15) is 0 Å². The quantitative estimate of drug-likeness (QED) is 0.456. The number of halogens is 2. The second-order valence-electron chi connectivity index (χ2n) is 4.17. The maximum absolute atomic E-state index is 13.3. The van der Waals surface area contributed by atoms with E-state index in [1.807, 2.05) is 13.8 Å². The molecule has 0 heterocycles. The fourth-order valence-corrected chi connectivity index (χ4v) is 2.11. The SMILES string of the molecule is CC(C)OCCOC(=O)c1cc(F)cc(S(=O)(=O)Cl)c1. The fourth-order valence-electron chi connectivity index (χ4n) is 1.32. The molecule has 0 spiro atoms. The number of esters is 1. The third-order valence-electron chi connectivity index (χ3n) is 2.16. The first-order valence-corrected chi connectivity index (χ1v) is 8.05. The smallest absolute Gasteiger partial charge is 0.338 e. The molecular weight excluding hydrogens is 311 g/mol. The van der Waals surface area contributed by atoms with E-state index in [1.165, 1.54) is 0 Å². The van der Waals surface area contributed by atoms with E-state index in [-0.39, 0.29) is 24.9 Å². The first kappa shape index (κ1) is 16.9. The molecule has 8 heteroatoms. The summed E-state index contributed by atoms with van der Waals surface area (Å²) >= 11 is 0. The van der Waals surface area contributed by atoms with E-state index in [1.54, 1.807) is 0 Å². The zero-order valence-corrected chi connectivity index (χ0v) is 12.5. The van der Waals surface area contributed by atoms with Crippen LogP contribution in [-0.2, 0) is 18.5 Å². The molecule has 1 aromatic carbocycles. The number of hydrogen-bond donors (Lipinski definition) is 0. The normalized spacial score (nSPS) is 11.7. The predicted molar refractivity (Wildman–Crippen MR) is 70.8 cm³/mol. The summed E-state index contributed by atoms with van der Waals surface area (Å²) in [5.41, 5.74) is -0.228. The summed E-state index contributed by atoms with van der Waals surface area (Å²) in [4.78, 5) is 11.1. The first-order chi connectivity index (χ1) is 9.20. The fraction of sp³-hybridized carbons (Fsp3) is 0.417. The Hall–Kier alpha value is -1.18. The van der Waals surface area contributed by atoms with E-state index in [2.05, 4.69) is 0 Å². The van der Waals surface area contributed by atoms with Gasteiger partial charge < -0.3 is 9.47 Å². The minimum atomic E-state index is -4.12. The van der Waals surface area contributed by atoms with Crippen molar-refractivity contribution in [2.24, 2.45) is 0 Å². The molecule has 0 aromatic heterocycles. The molecule has 20 heavy (non-hydrogen) atoms. The van der Waals surface area contributed by atoms with E-state index in [4.69, 9.17) is 20.2 Å². The van der Waals surface area contributed by atoms with Crippen molar-refractivity contribution in [2.45, 2.75) is 24.8 Å². The van der Waals surface area contributed by atoms with Crippen molar-refractivity contribution in [3.05, 3.63) is 29.6 Å². The van der Waals surface area contributed by atoms with Crippen LogP contribution >= 0.6 is 10.7 Å². The molecular formula is C12H14ClFO5S. The third-order valence-corrected chi connectivity index (χ3v) is 3.49. The molecule has 0 amide bonds. The van der Waals surface area contributed by atoms with Crippen LogP contribution in [0.2, 0.25) is 0 Å². The lowest BCUT2D eigenvalue weighted by molar-refractivity contribution is 0.0176. The van der Waals surface area contributed by atoms with Crippen molar-refractivity contribution in [2.75, 3.05) is 13.2 Å². The van der Waals surface area contributed by atoms with Crippen LogP contribution in [-0.4, -0.2) is 33.7 Å².